The first-order valence-corrected chi connectivity index (χ1v) is 10.4. The second-order valence-corrected chi connectivity index (χ2v) is 7.46. The highest BCUT2D eigenvalue weighted by Crippen LogP contribution is 2.34. The van der Waals surface area contributed by atoms with E-state index in [0.29, 0.717) is 17.2 Å². The molecule has 3 rings (SSSR count). The average molecular weight is 412 g/mol. The van der Waals surface area contributed by atoms with Crippen molar-refractivity contribution >= 4 is 10.8 Å². The van der Waals surface area contributed by atoms with Gasteiger partial charge in [-0.3, -0.25) is 0 Å². The molecule has 0 aliphatic rings. The van der Waals surface area contributed by atoms with Crippen LogP contribution in [0.5, 0.6) is 5.75 Å². The largest absolute Gasteiger partial charge is 0.434 e. The van der Waals surface area contributed by atoms with Gasteiger partial charge in [-0.25, -0.2) is 4.39 Å². The van der Waals surface area contributed by atoms with Crippen LogP contribution in [0.3, 0.4) is 0 Å². The van der Waals surface area contributed by atoms with Crippen LogP contribution in [0.25, 0.3) is 21.9 Å². The predicted molar refractivity (Wildman–Crippen MR) is 118 cm³/mol. The Morgan fingerprint density at radius 1 is 0.967 bits per heavy atom. The average Bonchev–Trinajstić information content (AvgIpc) is 2.73. The van der Waals surface area contributed by atoms with E-state index in [4.69, 9.17) is 0 Å². The van der Waals surface area contributed by atoms with E-state index in [1.807, 2.05) is 24.3 Å². The molecule has 0 unspecified atom stereocenters. The van der Waals surface area contributed by atoms with Crippen LogP contribution in [0, 0.1) is 5.82 Å². The van der Waals surface area contributed by atoms with Crippen LogP contribution in [0.2, 0.25) is 0 Å². The van der Waals surface area contributed by atoms with Crippen molar-refractivity contribution in [1.29, 1.82) is 0 Å². The first-order valence-electron chi connectivity index (χ1n) is 10.4. The number of hydrogen-bond acceptors (Lipinski definition) is 1. The number of fused-ring (bicyclic) bond motifs is 1. The standard InChI is InChI=1S/C26H27F3O/c1-3-5-7-8-18-10-12-19(13-11-18)20-14-15-22-21(16-20)17-24(30-26(28)29)23(25(22)27)9-6-4-2/h4,10-17,26H,2-3,5-9H2,1H3. The smallest absolute Gasteiger partial charge is 0.387 e. The van der Waals surface area contributed by atoms with Gasteiger partial charge in [-0.05, 0) is 59.9 Å². The Morgan fingerprint density at radius 3 is 2.37 bits per heavy atom. The van der Waals surface area contributed by atoms with Crippen molar-refractivity contribution in [2.45, 2.75) is 52.1 Å². The van der Waals surface area contributed by atoms with Gasteiger partial charge in [-0.2, -0.15) is 8.78 Å². The Balaban J connectivity index is 1.95. The van der Waals surface area contributed by atoms with E-state index < -0.39 is 12.4 Å². The molecule has 0 saturated heterocycles. The fraction of sp³-hybridized carbons (Fsp3) is 0.308. The minimum atomic E-state index is -3.01. The third-order valence-corrected chi connectivity index (χ3v) is 5.31. The highest BCUT2D eigenvalue weighted by Gasteiger charge is 2.17. The molecule has 0 amide bonds. The van der Waals surface area contributed by atoms with Crippen molar-refractivity contribution in [1.82, 2.24) is 0 Å². The first-order chi connectivity index (χ1) is 14.5. The monoisotopic (exact) mass is 412 g/mol. The van der Waals surface area contributed by atoms with Gasteiger partial charge in [-0.1, -0.05) is 62.2 Å². The van der Waals surface area contributed by atoms with Crippen molar-refractivity contribution in [3.63, 3.8) is 0 Å². The van der Waals surface area contributed by atoms with Gasteiger partial charge in [0.2, 0.25) is 0 Å². The first kappa shape index (κ1) is 21.9. The van der Waals surface area contributed by atoms with Gasteiger partial charge in [0.15, 0.2) is 0 Å². The highest BCUT2D eigenvalue weighted by atomic mass is 19.3. The second-order valence-electron chi connectivity index (χ2n) is 7.46. The van der Waals surface area contributed by atoms with E-state index in [0.717, 1.165) is 17.5 Å². The summed E-state index contributed by atoms with van der Waals surface area (Å²) < 4.78 is 45.5. The molecule has 158 valence electrons. The molecule has 0 radical (unpaired) electrons. The lowest BCUT2D eigenvalue weighted by Crippen LogP contribution is -2.06. The van der Waals surface area contributed by atoms with Crippen molar-refractivity contribution < 1.29 is 17.9 Å². The number of rotatable bonds is 10. The highest BCUT2D eigenvalue weighted by molar-refractivity contribution is 5.90. The fourth-order valence-electron chi connectivity index (χ4n) is 3.68. The van der Waals surface area contributed by atoms with Gasteiger partial charge < -0.3 is 4.74 Å². The van der Waals surface area contributed by atoms with Crippen molar-refractivity contribution in [2.24, 2.45) is 0 Å². The Kier molecular flexibility index (Phi) is 7.56. The minimum absolute atomic E-state index is 0.111. The SMILES string of the molecule is C=CCCc1c(OC(F)F)cc2cc(-c3ccc(CCCCC)cc3)ccc2c1F. The van der Waals surface area contributed by atoms with Crippen LogP contribution in [0.1, 0.15) is 43.7 Å². The summed E-state index contributed by atoms with van der Waals surface area (Å²) in [7, 11) is 0. The second kappa shape index (κ2) is 10.3. The molecule has 30 heavy (non-hydrogen) atoms. The molecule has 0 saturated carbocycles. The van der Waals surface area contributed by atoms with Crippen LogP contribution in [-0.2, 0) is 12.8 Å². The molecule has 0 spiro atoms. The maximum atomic E-state index is 15.1. The van der Waals surface area contributed by atoms with Gasteiger partial charge in [0.05, 0.1) is 0 Å². The maximum absolute atomic E-state index is 15.1. The summed E-state index contributed by atoms with van der Waals surface area (Å²) in [5, 5.41) is 0.936. The van der Waals surface area contributed by atoms with Crippen molar-refractivity contribution in [3.05, 3.63) is 78.1 Å². The molecule has 0 atom stereocenters. The Bertz CT molecular complexity index is 993. The Morgan fingerprint density at radius 2 is 1.70 bits per heavy atom. The van der Waals surface area contributed by atoms with Gasteiger partial charge in [0, 0.05) is 10.9 Å². The number of allylic oxidation sites excluding steroid dienone is 1. The van der Waals surface area contributed by atoms with Crippen LogP contribution in [0.15, 0.2) is 61.2 Å². The molecule has 0 fully saturated rings. The zero-order valence-corrected chi connectivity index (χ0v) is 17.3. The molecule has 0 heterocycles. The number of alkyl halides is 2. The molecule has 0 N–H and O–H groups in total. The molecule has 4 heteroatoms. The molecular weight excluding hydrogens is 385 g/mol. The molecule has 0 bridgehead atoms. The van der Waals surface area contributed by atoms with Gasteiger partial charge >= 0.3 is 6.61 Å². The van der Waals surface area contributed by atoms with E-state index >= 15 is 4.39 Å². The third-order valence-electron chi connectivity index (χ3n) is 5.31. The van der Waals surface area contributed by atoms with Gasteiger partial charge in [0.25, 0.3) is 0 Å². The van der Waals surface area contributed by atoms with Crippen molar-refractivity contribution in [3.8, 4) is 16.9 Å². The van der Waals surface area contributed by atoms with Crippen LogP contribution in [-0.4, -0.2) is 6.61 Å². The predicted octanol–water partition coefficient (Wildman–Crippen LogP) is 8.10. The lowest BCUT2D eigenvalue weighted by Gasteiger charge is -2.14. The lowest BCUT2D eigenvalue weighted by molar-refractivity contribution is -0.0505. The zero-order chi connectivity index (χ0) is 21.5. The third kappa shape index (κ3) is 5.24. The number of benzene rings is 3. The number of hydrogen-bond donors (Lipinski definition) is 0. The van der Waals surface area contributed by atoms with E-state index in [1.165, 1.54) is 30.9 Å². The van der Waals surface area contributed by atoms with Crippen LogP contribution in [0.4, 0.5) is 13.2 Å². The summed E-state index contributed by atoms with van der Waals surface area (Å²) in [4.78, 5) is 0. The summed E-state index contributed by atoms with van der Waals surface area (Å²) in [5.41, 5.74) is 3.36. The summed E-state index contributed by atoms with van der Waals surface area (Å²) in [6.07, 6.45) is 7.00. The molecule has 0 aliphatic heterocycles. The Hall–Kier alpha value is -2.75. The number of aryl methyl sites for hydroxylation is 1. The molecule has 0 aromatic heterocycles. The summed E-state index contributed by atoms with van der Waals surface area (Å²) in [6.45, 7) is 2.80. The Labute approximate surface area is 176 Å². The fourth-order valence-corrected chi connectivity index (χ4v) is 3.68. The van der Waals surface area contributed by atoms with E-state index in [9.17, 15) is 8.78 Å². The molecule has 1 nitrogen and oxygen atoms in total. The quantitative estimate of drug-likeness (QED) is 0.241. The summed E-state index contributed by atoms with van der Waals surface area (Å²) in [6, 6.07) is 15.2. The van der Waals surface area contributed by atoms with Crippen molar-refractivity contribution in [2.75, 3.05) is 0 Å². The summed E-state index contributed by atoms with van der Waals surface area (Å²) in [5.74, 6) is -0.622. The normalized spacial score (nSPS) is 11.2. The van der Waals surface area contributed by atoms with Crippen LogP contribution < -0.4 is 4.74 Å². The zero-order valence-electron chi connectivity index (χ0n) is 17.3. The topological polar surface area (TPSA) is 9.23 Å². The number of halogens is 3. The van der Waals surface area contributed by atoms with Crippen LogP contribution >= 0.6 is 0 Å². The van der Waals surface area contributed by atoms with E-state index in [2.05, 4.69) is 30.4 Å². The summed E-state index contributed by atoms with van der Waals surface area (Å²) >= 11 is 0. The molecule has 3 aromatic rings. The maximum Gasteiger partial charge on any atom is 0.387 e. The lowest BCUT2D eigenvalue weighted by atomic mass is 9.96. The van der Waals surface area contributed by atoms with E-state index in [1.54, 1.807) is 12.1 Å². The number of ether oxygens (including phenoxy) is 1. The molecular formula is C26H27F3O. The van der Waals surface area contributed by atoms with Gasteiger partial charge in [-0.15, -0.1) is 6.58 Å². The number of unbranched alkanes of at least 4 members (excludes halogenated alkanes) is 2. The van der Waals surface area contributed by atoms with E-state index in [-0.39, 0.29) is 17.7 Å². The minimum Gasteiger partial charge on any atom is -0.434 e. The molecule has 3 aromatic carbocycles. The molecule has 0 aliphatic carbocycles. The van der Waals surface area contributed by atoms with Gasteiger partial charge in [0.1, 0.15) is 11.6 Å².